The number of rotatable bonds is 6. The van der Waals surface area contributed by atoms with Gasteiger partial charge in [-0.2, -0.15) is 0 Å². The van der Waals surface area contributed by atoms with Gasteiger partial charge in [-0.3, -0.25) is 4.98 Å². The standard InChI is InChI=1S/C23H23NO6/c1-13-10-15-11-18(25-2)21(27-4)23(28-5)19(15)16(24-13)8-6-14-7-9-17-22(20(14)26-3)30-12-29-17/h6-11H,12H2,1-5H3. The third-order valence-corrected chi connectivity index (χ3v) is 4.93. The molecule has 2 heterocycles. The second-order valence-electron chi connectivity index (χ2n) is 6.65. The van der Waals surface area contributed by atoms with Gasteiger partial charge in [0.05, 0.1) is 39.5 Å². The van der Waals surface area contributed by atoms with Gasteiger partial charge in [0, 0.05) is 11.3 Å². The summed E-state index contributed by atoms with van der Waals surface area (Å²) in [5, 5.41) is 1.77. The summed E-state index contributed by atoms with van der Waals surface area (Å²) in [6.07, 6.45) is 3.85. The van der Waals surface area contributed by atoms with E-state index in [9.17, 15) is 0 Å². The molecule has 0 aliphatic carbocycles. The number of ether oxygens (including phenoxy) is 6. The van der Waals surface area contributed by atoms with E-state index in [-0.39, 0.29) is 6.79 Å². The highest BCUT2D eigenvalue weighted by Gasteiger charge is 2.22. The van der Waals surface area contributed by atoms with Crippen LogP contribution in [-0.2, 0) is 0 Å². The SMILES string of the molecule is COc1cc2cc(C)nc(C=Cc3ccc4c(c3OC)OCO4)c2c(OC)c1OC. The highest BCUT2D eigenvalue weighted by Crippen LogP contribution is 2.46. The highest BCUT2D eigenvalue weighted by atomic mass is 16.7. The van der Waals surface area contributed by atoms with Crippen LogP contribution in [0.5, 0.6) is 34.5 Å². The molecule has 0 spiro atoms. The van der Waals surface area contributed by atoms with Gasteiger partial charge in [0.15, 0.2) is 23.0 Å². The van der Waals surface area contributed by atoms with Crippen molar-refractivity contribution in [2.45, 2.75) is 6.92 Å². The molecule has 7 nitrogen and oxygen atoms in total. The van der Waals surface area contributed by atoms with Crippen molar-refractivity contribution < 1.29 is 28.4 Å². The first-order valence-electron chi connectivity index (χ1n) is 9.36. The van der Waals surface area contributed by atoms with E-state index < -0.39 is 0 Å². The average molecular weight is 409 g/mol. The summed E-state index contributed by atoms with van der Waals surface area (Å²) >= 11 is 0. The van der Waals surface area contributed by atoms with Crippen LogP contribution in [0.3, 0.4) is 0 Å². The van der Waals surface area contributed by atoms with Gasteiger partial charge in [-0.15, -0.1) is 0 Å². The Balaban J connectivity index is 1.89. The van der Waals surface area contributed by atoms with E-state index in [0.717, 1.165) is 27.7 Å². The second-order valence-corrected chi connectivity index (χ2v) is 6.65. The summed E-state index contributed by atoms with van der Waals surface area (Å²) in [7, 11) is 6.39. The van der Waals surface area contributed by atoms with Crippen LogP contribution in [0.2, 0.25) is 0 Å². The van der Waals surface area contributed by atoms with Crippen LogP contribution in [0.1, 0.15) is 17.0 Å². The number of hydrogen-bond donors (Lipinski definition) is 0. The maximum Gasteiger partial charge on any atom is 0.231 e. The zero-order chi connectivity index (χ0) is 21.3. The van der Waals surface area contributed by atoms with Gasteiger partial charge in [-0.25, -0.2) is 0 Å². The van der Waals surface area contributed by atoms with Crippen LogP contribution in [0, 0.1) is 6.92 Å². The molecule has 0 amide bonds. The van der Waals surface area contributed by atoms with E-state index in [2.05, 4.69) is 0 Å². The van der Waals surface area contributed by atoms with Crippen molar-refractivity contribution in [1.82, 2.24) is 4.98 Å². The molecular weight excluding hydrogens is 386 g/mol. The third-order valence-electron chi connectivity index (χ3n) is 4.93. The van der Waals surface area contributed by atoms with Crippen molar-refractivity contribution in [2.75, 3.05) is 35.2 Å². The molecule has 2 aromatic carbocycles. The van der Waals surface area contributed by atoms with E-state index in [1.54, 1.807) is 28.4 Å². The first-order valence-corrected chi connectivity index (χ1v) is 9.36. The van der Waals surface area contributed by atoms with E-state index in [1.165, 1.54) is 0 Å². The van der Waals surface area contributed by atoms with Gasteiger partial charge in [0.2, 0.25) is 18.3 Å². The number of benzene rings is 2. The van der Waals surface area contributed by atoms with Crippen LogP contribution in [0.25, 0.3) is 22.9 Å². The molecule has 1 aliphatic heterocycles. The maximum absolute atomic E-state index is 5.69. The van der Waals surface area contributed by atoms with Gasteiger partial charge in [0.25, 0.3) is 0 Å². The number of nitrogens with zero attached hydrogens (tertiary/aromatic N) is 1. The van der Waals surface area contributed by atoms with Crippen molar-refractivity contribution in [1.29, 1.82) is 0 Å². The predicted molar refractivity (Wildman–Crippen MR) is 114 cm³/mol. The fraction of sp³-hybridized carbons (Fsp3) is 0.261. The number of methoxy groups -OCH3 is 4. The summed E-state index contributed by atoms with van der Waals surface area (Å²) in [5.41, 5.74) is 2.45. The van der Waals surface area contributed by atoms with E-state index in [1.807, 2.05) is 43.3 Å². The molecular formula is C23H23NO6. The van der Waals surface area contributed by atoms with Crippen molar-refractivity contribution in [3.05, 3.63) is 41.2 Å². The Bertz CT molecular complexity index is 1140. The minimum absolute atomic E-state index is 0.182. The molecule has 0 radical (unpaired) electrons. The van der Waals surface area contributed by atoms with Crippen molar-refractivity contribution >= 4 is 22.9 Å². The highest BCUT2D eigenvalue weighted by molar-refractivity contribution is 5.99. The third kappa shape index (κ3) is 3.22. The molecule has 0 saturated heterocycles. The Hall–Kier alpha value is -3.61. The van der Waals surface area contributed by atoms with E-state index in [0.29, 0.717) is 34.5 Å². The molecule has 0 N–H and O–H groups in total. The minimum atomic E-state index is 0.182. The topological polar surface area (TPSA) is 68.3 Å². The molecule has 1 aliphatic rings. The summed E-state index contributed by atoms with van der Waals surface area (Å²) in [6.45, 7) is 2.13. The molecule has 1 aromatic heterocycles. The minimum Gasteiger partial charge on any atom is -0.493 e. The predicted octanol–water partition coefficient (Wildman–Crippen LogP) is 4.48. The summed E-state index contributed by atoms with van der Waals surface area (Å²) in [5.74, 6) is 3.57. The molecule has 0 bridgehead atoms. The lowest BCUT2D eigenvalue weighted by Crippen LogP contribution is -1.99. The van der Waals surface area contributed by atoms with Crippen molar-refractivity contribution in [3.63, 3.8) is 0 Å². The quantitative estimate of drug-likeness (QED) is 0.595. The Morgan fingerprint density at radius 3 is 2.33 bits per heavy atom. The van der Waals surface area contributed by atoms with Gasteiger partial charge >= 0.3 is 0 Å². The number of pyridine rings is 1. The second kappa shape index (κ2) is 8.02. The maximum atomic E-state index is 5.69. The Kier molecular flexibility index (Phi) is 5.27. The van der Waals surface area contributed by atoms with Crippen LogP contribution in [0.15, 0.2) is 24.3 Å². The number of hydrogen-bond acceptors (Lipinski definition) is 7. The number of fused-ring (bicyclic) bond motifs is 2. The first kappa shape index (κ1) is 19.7. The fourth-order valence-electron chi connectivity index (χ4n) is 3.65. The van der Waals surface area contributed by atoms with Crippen LogP contribution < -0.4 is 28.4 Å². The molecule has 30 heavy (non-hydrogen) atoms. The van der Waals surface area contributed by atoms with Crippen LogP contribution in [0.4, 0.5) is 0 Å². The Morgan fingerprint density at radius 1 is 0.867 bits per heavy atom. The zero-order valence-electron chi connectivity index (χ0n) is 17.6. The van der Waals surface area contributed by atoms with Crippen molar-refractivity contribution in [3.8, 4) is 34.5 Å². The van der Waals surface area contributed by atoms with Gasteiger partial charge in [0.1, 0.15) is 0 Å². The lowest BCUT2D eigenvalue weighted by Gasteiger charge is -2.16. The molecule has 4 rings (SSSR count). The largest absolute Gasteiger partial charge is 0.493 e. The summed E-state index contributed by atoms with van der Waals surface area (Å²) in [4.78, 5) is 4.72. The van der Waals surface area contributed by atoms with E-state index in [4.69, 9.17) is 33.4 Å². The Morgan fingerprint density at radius 2 is 1.63 bits per heavy atom. The lowest BCUT2D eigenvalue weighted by molar-refractivity contribution is 0.171. The normalized spacial score (nSPS) is 12.4. The molecule has 0 fully saturated rings. The molecule has 7 heteroatoms. The van der Waals surface area contributed by atoms with Gasteiger partial charge < -0.3 is 28.4 Å². The molecule has 0 unspecified atom stereocenters. The molecule has 0 atom stereocenters. The summed E-state index contributed by atoms with van der Waals surface area (Å²) < 4.78 is 33.3. The van der Waals surface area contributed by atoms with Gasteiger partial charge in [-0.1, -0.05) is 0 Å². The van der Waals surface area contributed by atoms with E-state index >= 15 is 0 Å². The first-order chi connectivity index (χ1) is 14.6. The fourth-order valence-corrected chi connectivity index (χ4v) is 3.65. The molecule has 156 valence electrons. The molecule has 0 saturated carbocycles. The van der Waals surface area contributed by atoms with Crippen LogP contribution in [-0.4, -0.2) is 40.2 Å². The average Bonchev–Trinajstić information content (AvgIpc) is 3.24. The van der Waals surface area contributed by atoms with Crippen molar-refractivity contribution in [2.24, 2.45) is 0 Å². The number of aromatic nitrogens is 1. The monoisotopic (exact) mass is 409 g/mol. The zero-order valence-corrected chi connectivity index (χ0v) is 17.6. The smallest absolute Gasteiger partial charge is 0.231 e. The molecule has 3 aromatic rings. The van der Waals surface area contributed by atoms with Gasteiger partial charge in [-0.05, 0) is 48.7 Å². The Labute approximate surface area is 174 Å². The lowest BCUT2D eigenvalue weighted by atomic mass is 10.0. The number of aryl methyl sites for hydroxylation is 1. The van der Waals surface area contributed by atoms with Crippen LogP contribution >= 0.6 is 0 Å². The summed E-state index contributed by atoms with van der Waals surface area (Å²) in [6, 6.07) is 7.69.